The number of carbonyl (C=O) groups is 1. The Morgan fingerprint density at radius 2 is 2.18 bits per heavy atom. The maximum atomic E-state index is 10.9. The molecule has 2 aromatic rings. The number of benzene rings is 1. The van der Waals surface area contributed by atoms with Crippen LogP contribution in [0.1, 0.15) is 29.0 Å². The van der Waals surface area contributed by atoms with Gasteiger partial charge in [-0.2, -0.15) is 5.10 Å². The summed E-state index contributed by atoms with van der Waals surface area (Å²) in [6, 6.07) is 9.22. The fourth-order valence-corrected chi connectivity index (χ4v) is 1.55. The van der Waals surface area contributed by atoms with E-state index >= 15 is 0 Å². The van der Waals surface area contributed by atoms with E-state index in [9.17, 15) is 4.79 Å². The average molecular weight is 230 g/mol. The lowest BCUT2D eigenvalue weighted by Gasteiger charge is -2.08. The van der Waals surface area contributed by atoms with Crippen molar-refractivity contribution in [2.45, 2.75) is 13.0 Å². The molecule has 0 saturated carbocycles. The van der Waals surface area contributed by atoms with Gasteiger partial charge in [-0.15, -0.1) is 0 Å². The Hall–Kier alpha value is -2.14. The smallest absolute Gasteiger partial charge is 0.269 e. The van der Waals surface area contributed by atoms with Gasteiger partial charge in [0.15, 0.2) is 0 Å². The SMILES string of the molecule is CC(N)c1cccc(-n2ccc(C(N)=O)n2)c1. The number of hydrogen-bond acceptors (Lipinski definition) is 3. The van der Waals surface area contributed by atoms with E-state index in [0.717, 1.165) is 11.3 Å². The number of primary amides is 1. The normalized spacial score (nSPS) is 12.4. The van der Waals surface area contributed by atoms with E-state index in [1.807, 2.05) is 31.2 Å². The van der Waals surface area contributed by atoms with Gasteiger partial charge in [-0.3, -0.25) is 4.79 Å². The van der Waals surface area contributed by atoms with E-state index in [1.165, 1.54) is 0 Å². The van der Waals surface area contributed by atoms with Crippen molar-refractivity contribution in [2.75, 3.05) is 0 Å². The first-order chi connectivity index (χ1) is 8.08. The van der Waals surface area contributed by atoms with Crippen LogP contribution in [0, 0.1) is 0 Å². The van der Waals surface area contributed by atoms with Crippen LogP contribution >= 0.6 is 0 Å². The van der Waals surface area contributed by atoms with E-state index in [0.29, 0.717) is 0 Å². The minimum atomic E-state index is -0.535. The quantitative estimate of drug-likeness (QED) is 0.824. The Morgan fingerprint density at radius 3 is 2.76 bits per heavy atom. The topological polar surface area (TPSA) is 86.9 Å². The standard InChI is InChI=1S/C12H14N4O/c1-8(13)9-3-2-4-10(7-9)16-6-5-11(15-16)12(14)17/h2-8H,13H2,1H3,(H2,14,17). The molecular weight excluding hydrogens is 216 g/mol. The van der Waals surface area contributed by atoms with Crippen LogP contribution in [-0.4, -0.2) is 15.7 Å². The van der Waals surface area contributed by atoms with Gasteiger partial charge in [-0.05, 0) is 30.7 Å². The number of nitrogens with two attached hydrogens (primary N) is 2. The van der Waals surface area contributed by atoms with Crippen molar-refractivity contribution in [1.29, 1.82) is 0 Å². The molecular formula is C12H14N4O. The lowest BCUT2D eigenvalue weighted by atomic mass is 10.1. The fourth-order valence-electron chi connectivity index (χ4n) is 1.55. The monoisotopic (exact) mass is 230 g/mol. The van der Waals surface area contributed by atoms with Crippen molar-refractivity contribution in [3.05, 3.63) is 47.8 Å². The third-order valence-corrected chi connectivity index (χ3v) is 2.50. The van der Waals surface area contributed by atoms with Gasteiger partial charge in [0.25, 0.3) is 5.91 Å². The molecule has 2 rings (SSSR count). The van der Waals surface area contributed by atoms with Gasteiger partial charge in [-0.1, -0.05) is 12.1 Å². The first-order valence-corrected chi connectivity index (χ1v) is 5.29. The number of carbonyl (C=O) groups excluding carboxylic acids is 1. The summed E-state index contributed by atoms with van der Waals surface area (Å²) in [5, 5.41) is 4.08. The summed E-state index contributed by atoms with van der Waals surface area (Å²) < 4.78 is 1.60. The van der Waals surface area contributed by atoms with Crippen LogP contribution in [0.2, 0.25) is 0 Å². The first kappa shape index (κ1) is 11.3. The summed E-state index contributed by atoms with van der Waals surface area (Å²) in [5.41, 5.74) is 13.1. The Labute approximate surface area is 99.0 Å². The van der Waals surface area contributed by atoms with E-state index in [-0.39, 0.29) is 11.7 Å². The van der Waals surface area contributed by atoms with Gasteiger partial charge in [0.05, 0.1) is 5.69 Å². The maximum Gasteiger partial charge on any atom is 0.269 e. The molecule has 0 fully saturated rings. The lowest BCUT2D eigenvalue weighted by molar-refractivity contribution is 0.0995. The van der Waals surface area contributed by atoms with E-state index in [2.05, 4.69) is 5.10 Å². The van der Waals surface area contributed by atoms with Crippen LogP contribution in [0.4, 0.5) is 0 Å². The molecule has 0 spiro atoms. The summed E-state index contributed by atoms with van der Waals surface area (Å²) in [5.74, 6) is -0.535. The Morgan fingerprint density at radius 1 is 1.41 bits per heavy atom. The van der Waals surface area contributed by atoms with Crippen molar-refractivity contribution in [1.82, 2.24) is 9.78 Å². The lowest BCUT2D eigenvalue weighted by Crippen LogP contribution is -2.12. The van der Waals surface area contributed by atoms with E-state index in [4.69, 9.17) is 11.5 Å². The molecule has 1 amide bonds. The molecule has 0 bridgehead atoms. The zero-order valence-electron chi connectivity index (χ0n) is 9.50. The first-order valence-electron chi connectivity index (χ1n) is 5.29. The van der Waals surface area contributed by atoms with Crippen molar-refractivity contribution in [2.24, 2.45) is 11.5 Å². The molecule has 0 radical (unpaired) electrons. The summed E-state index contributed by atoms with van der Waals surface area (Å²) >= 11 is 0. The maximum absolute atomic E-state index is 10.9. The van der Waals surface area contributed by atoms with Crippen LogP contribution in [0.3, 0.4) is 0 Å². The fraction of sp³-hybridized carbons (Fsp3) is 0.167. The highest BCUT2D eigenvalue weighted by molar-refractivity contribution is 5.90. The summed E-state index contributed by atoms with van der Waals surface area (Å²) in [7, 11) is 0. The van der Waals surface area contributed by atoms with Gasteiger partial charge < -0.3 is 11.5 Å². The Balaban J connectivity index is 2.38. The molecule has 1 aromatic heterocycles. The molecule has 5 heteroatoms. The molecule has 0 aliphatic heterocycles. The number of amides is 1. The highest BCUT2D eigenvalue weighted by Crippen LogP contribution is 2.14. The molecule has 17 heavy (non-hydrogen) atoms. The summed E-state index contributed by atoms with van der Waals surface area (Å²) in [6.07, 6.45) is 1.69. The third kappa shape index (κ3) is 2.34. The molecule has 5 nitrogen and oxygen atoms in total. The highest BCUT2D eigenvalue weighted by atomic mass is 16.1. The number of hydrogen-bond donors (Lipinski definition) is 2. The zero-order chi connectivity index (χ0) is 12.4. The van der Waals surface area contributed by atoms with Gasteiger partial charge >= 0.3 is 0 Å². The average Bonchev–Trinajstić information content (AvgIpc) is 2.78. The van der Waals surface area contributed by atoms with Crippen molar-refractivity contribution < 1.29 is 4.79 Å². The zero-order valence-corrected chi connectivity index (χ0v) is 9.50. The van der Waals surface area contributed by atoms with Crippen molar-refractivity contribution >= 4 is 5.91 Å². The second kappa shape index (κ2) is 4.39. The summed E-state index contributed by atoms with van der Waals surface area (Å²) in [4.78, 5) is 10.9. The molecule has 0 aliphatic rings. The summed E-state index contributed by atoms with van der Waals surface area (Å²) in [6.45, 7) is 1.91. The van der Waals surface area contributed by atoms with Crippen molar-refractivity contribution in [3.8, 4) is 5.69 Å². The Bertz CT molecular complexity index is 545. The van der Waals surface area contributed by atoms with Crippen LogP contribution in [0.25, 0.3) is 5.69 Å². The van der Waals surface area contributed by atoms with E-state index in [1.54, 1.807) is 16.9 Å². The molecule has 4 N–H and O–H groups in total. The van der Waals surface area contributed by atoms with Crippen LogP contribution in [0.5, 0.6) is 0 Å². The van der Waals surface area contributed by atoms with Crippen LogP contribution < -0.4 is 11.5 Å². The third-order valence-electron chi connectivity index (χ3n) is 2.50. The second-order valence-electron chi connectivity index (χ2n) is 3.89. The minimum absolute atomic E-state index is 0.0406. The Kier molecular flexibility index (Phi) is 2.93. The number of nitrogens with zero attached hydrogens (tertiary/aromatic N) is 2. The van der Waals surface area contributed by atoms with Gasteiger partial charge in [0.2, 0.25) is 0 Å². The van der Waals surface area contributed by atoms with Gasteiger partial charge in [0, 0.05) is 12.2 Å². The molecule has 1 heterocycles. The van der Waals surface area contributed by atoms with Crippen molar-refractivity contribution in [3.63, 3.8) is 0 Å². The molecule has 1 atom stereocenters. The highest BCUT2D eigenvalue weighted by Gasteiger charge is 2.07. The second-order valence-corrected chi connectivity index (χ2v) is 3.89. The molecule has 0 aliphatic carbocycles. The number of rotatable bonds is 3. The van der Waals surface area contributed by atoms with Crippen LogP contribution in [-0.2, 0) is 0 Å². The largest absolute Gasteiger partial charge is 0.364 e. The number of aromatic nitrogens is 2. The van der Waals surface area contributed by atoms with Crippen LogP contribution in [0.15, 0.2) is 36.5 Å². The predicted octanol–water partition coefficient (Wildman–Crippen LogP) is 0.991. The molecule has 88 valence electrons. The molecule has 1 aromatic carbocycles. The molecule has 1 unspecified atom stereocenters. The minimum Gasteiger partial charge on any atom is -0.364 e. The van der Waals surface area contributed by atoms with E-state index < -0.39 is 5.91 Å². The predicted molar refractivity (Wildman–Crippen MR) is 64.7 cm³/mol. The molecule has 0 saturated heterocycles. The van der Waals surface area contributed by atoms with Gasteiger partial charge in [-0.25, -0.2) is 4.68 Å². The van der Waals surface area contributed by atoms with Gasteiger partial charge in [0.1, 0.15) is 5.69 Å².